The van der Waals surface area contributed by atoms with Crippen molar-refractivity contribution in [2.24, 2.45) is 0 Å². The zero-order valence-electron chi connectivity index (χ0n) is 13.1. The molecule has 4 nitrogen and oxygen atoms in total. The predicted octanol–water partition coefficient (Wildman–Crippen LogP) is 4.72. The van der Waals surface area contributed by atoms with Crippen molar-refractivity contribution in [3.8, 4) is 0 Å². The van der Waals surface area contributed by atoms with Gasteiger partial charge in [0.1, 0.15) is 5.82 Å². The van der Waals surface area contributed by atoms with Gasteiger partial charge in [0.25, 0.3) is 5.91 Å². The molecule has 2 aromatic carbocycles. The summed E-state index contributed by atoms with van der Waals surface area (Å²) in [6, 6.07) is 10.3. The van der Waals surface area contributed by atoms with Crippen LogP contribution in [0.15, 0.2) is 48.5 Å². The van der Waals surface area contributed by atoms with E-state index >= 15 is 0 Å². The second-order valence-corrected chi connectivity index (χ2v) is 5.92. The fourth-order valence-corrected chi connectivity index (χ4v) is 2.21. The summed E-state index contributed by atoms with van der Waals surface area (Å²) in [4.78, 5) is 23.8. The van der Waals surface area contributed by atoms with E-state index in [1.54, 1.807) is 12.1 Å². The lowest BCUT2D eigenvalue weighted by molar-refractivity contribution is -0.148. The highest BCUT2D eigenvalue weighted by atomic mass is 35.5. The first-order valence-electron chi connectivity index (χ1n) is 7.25. The van der Waals surface area contributed by atoms with Crippen molar-refractivity contribution >= 4 is 46.8 Å². The highest BCUT2D eigenvalue weighted by Crippen LogP contribution is 2.25. The monoisotopic (exact) mass is 381 g/mol. The van der Waals surface area contributed by atoms with Crippen molar-refractivity contribution in [2.45, 2.75) is 13.0 Å². The number of carbonyl (C=O) groups is 2. The Labute approximate surface area is 154 Å². The highest BCUT2D eigenvalue weighted by Gasteiger charge is 2.17. The number of carbonyl (C=O) groups excluding carboxylic acids is 2. The second kappa shape index (κ2) is 8.65. The Balaban J connectivity index is 1.94. The van der Waals surface area contributed by atoms with Crippen LogP contribution < -0.4 is 5.32 Å². The lowest BCUT2D eigenvalue weighted by Crippen LogP contribution is -2.29. The second-order valence-electron chi connectivity index (χ2n) is 5.08. The molecule has 0 spiro atoms. The third-order valence-electron chi connectivity index (χ3n) is 3.11. The molecule has 0 saturated heterocycles. The fraction of sp³-hybridized carbons (Fsp3) is 0.111. The molecule has 0 aromatic heterocycles. The molecular formula is C18H14Cl2FNO3. The number of ether oxygens (including phenoxy) is 1. The fourth-order valence-electron chi connectivity index (χ4n) is 1.87. The number of nitrogens with one attached hydrogen (secondary N) is 1. The summed E-state index contributed by atoms with van der Waals surface area (Å²) in [5.41, 5.74) is 0.817. The molecule has 0 aliphatic carbocycles. The lowest BCUT2D eigenvalue weighted by atomic mass is 10.2. The van der Waals surface area contributed by atoms with Gasteiger partial charge < -0.3 is 10.1 Å². The minimum atomic E-state index is -1.06. The maximum atomic E-state index is 13.1. The Morgan fingerprint density at radius 2 is 1.96 bits per heavy atom. The Bertz CT molecular complexity index is 824. The van der Waals surface area contributed by atoms with Gasteiger partial charge in [-0.3, -0.25) is 4.79 Å². The van der Waals surface area contributed by atoms with Crippen molar-refractivity contribution in [3.63, 3.8) is 0 Å². The van der Waals surface area contributed by atoms with E-state index in [9.17, 15) is 14.0 Å². The van der Waals surface area contributed by atoms with E-state index in [0.717, 1.165) is 6.08 Å². The standard InChI is InChI=1S/C18H14Cl2FNO3/c1-11(18(24)22-16-10-13(19)6-7-15(16)20)25-17(23)8-5-12-3-2-4-14(21)9-12/h2-11H,1H3,(H,22,24)/b8-5+/t11-/m1/s1. The molecule has 0 radical (unpaired) electrons. The molecule has 0 aliphatic heterocycles. The molecule has 1 amide bonds. The van der Waals surface area contributed by atoms with Crippen LogP contribution >= 0.6 is 23.2 Å². The van der Waals surface area contributed by atoms with E-state index in [4.69, 9.17) is 27.9 Å². The molecule has 7 heteroatoms. The summed E-state index contributed by atoms with van der Waals surface area (Å²) >= 11 is 11.8. The number of rotatable bonds is 5. The molecular weight excluding hydrogens is 368 g/mol. The van der Waals surface area contributed by atoms with Gasteiger partial charge in [0.05, 0.1) is 10.7 Å². The quantitative estimate of drug-likeness (QED) is 0.602. The average molecular weight is 382 g/mol. The number of hydrogen-bond acceptors (Lipinski definition) is 3. The summed E-state index contributed by atoms with van der Waals surface area (Å²) in [5.74, 6) is -1.71. The summed E-state index contributed by atoms with van der Waals surface area (Å²) in [5, 5.41) is 3.24. The highest BCUT2D eigenvalue weighted by molar-refractivity contribution is 6.35. The molecule has 2 aromatic rings. The third-order valence-corrected chi connectivity index (χ3v) is 3.67. The minimum absolute atomic E-state index is 0.308. The van der Waals surface area contributed by atoms with Crippen molar-refractivity contribution in [2.75, 3.05) is 5.32 Å². The van der Waals surface area contributed by atoms with Crippen LogP contribution in [0.3, 0.4) is 0 Å². The summed E-state index contributed by atoms with van der Waals surface area (Å²) < 4.78 is 18.1. The van der Waals surface area contributed by atoms with Gasteiger partial charge in [-0.05, 0) is 48.9 Å². The summed E-state index contributed by atoms with van der Waals surface area (Å²) in [6.07, 6.45) is 1.45. The number of anilines is 1. The van der Waals surface area contributed by atoms with Crippen molar-refractivity contribution < 1.29 is 18.7 Å². The normalized spacial score (nSPS) is 12.0. The van der Waals surface area contributed by atoms with Crippen molar-refractivity contribution in [3.05, 3.63) is 70.0 Å². The Kier molecular flexibility index (Phi) is 6.56. The van der Waals surface area contributed by atoms with Crippen LogP contribution in [0.2, 0.25) is 10.0 Å². The van der Waals surface area contributed by atoms with Crippen LogP contribution in [0.1, 0.15) is 12.5 Å². The molecule has 0 aliphatic rings. The Morgan fingerprint density at radius 1 is 1.20 bits per heavy atom. The van der Waals surface area contributed by atoms with E-state index < -0.39 is 23.8 Å². The number of halogens is 3. The SMILES string of the molecule is C[C@@H](OC(=O)/C=C/c1cccc(F)c1)C(=O)Nc1cc(Cl)ccc1Cl. The zero-order chi connectivity index (χ0) is 18.4. The first-order chi connectivity index (χ1) is 11.8. The molecule has 0 heterocycles. The van der Waals surface area contributed by atoms with Gasteiger partial charge in [-0.1, -0.05) is 35.3 Å². The van der Waals surface area contributed by atoms with Gasteiger partial charge in [-0.2, -0.15) is 0 Å². The summed E-state index contributed by atoms with van der Waals surface area (Å²) in [7, 11) is 0. The molecule has 25 heavy (non-hydrogen) atoms. The largest absolute Gasteiger partial charge is 0.449 e. The van der Waals surface area contributed by atoms with Crippen LogP contribution in [0.5, 0.6) is 0 Å². The average Bonchev–Trinajstić information content (AvgIpc) is 2.56. The van der Waals surface area contributed by atoms with Crippen LogP contribution in [-0.2, 0) is 14.3 Å². The van der Waals surface area contributed by atoms with E-state index in [1.807, 2.05) is 0 Å². The van der Waals surface area contributed by atoms with Crippen LogP contribution in [-0.4, -0.2) is 18.0 Å². The van der Waals surface area contributed by atoms with E-state index in [-0.39, 0.29) is 0 Å². The summed E-state index contributed by atoms with van der Waals surface area (Å²) in [6.45, 7) is 1.42. The maximum absolute atomic E-state index is 13.1. The molecule has 0 unspecified atom stereocenters. The Hall–Kier alpha value is -2.37. The van der Waals surface area contributed by atoms with Crippen LogP contribution in [0.4, 0.5) is 10.1 Å². The number of benzene rings is 2. The smallest absolute Gasteiger partial charge is 0.331 e. The molecule has 130 valence electrons. The molecule has 0 bridgehead atoms. The van der Waals surface area contributed by atoms with Gasteiger partial charge in [-0.25, -0.2) is 9.18 Å². The molecule has 1 atom stereocenters. The number of esters is 1. The minimum Gasteiger partial charge on any atom is -0.449 e. The molecule has 0 saturated carbocycles. The number of amides is 1. The molecule has 2 rings (SSSR count). The molecule has 0 fully saturated rings. The molecule has 1 N–H and O–H groups in total. The first-order valence-corrected chi connectivity index (χ1v) is 8.01. The van der Waals surface area contributed by atoms with E-state index in [0.29, 0.717) is 21.3 Å². The maximum Gasteiger partial charge on any atom is 0.331 e. The van der Waals surface area contributed by atoms with Crippen molar-refractivity contribution in [1.82, 2.24) is 0 Å². The Morgan fingerprint density at radius 3 is 2.68 bits per heavy atom. The van der Waals surface area contributed by atoms with E-state index in [2.05, 4.69) is 5.32 Å². The first kappa shape index (κ1) is 19.0. The third kappa shape index (κ3) is 5.89. The van der Waals surface area contributed by atoms with Crippen LogP contribution in [0.25, 0.3) is 6.08 Å². The zero-order valence-corrected chi connectivity index (χ0v) is 14.6. The van der Waals surface area contributed by atoms with E-state index in [1.165, 1.54) is 43.3 Å². The predicted molar refractivity (Wildman–Crippen MR) is 96.1 cm³/mol. The topological polar surface area (TPSA) is 55.4 Å². The van der Waals surface area contributed by atoms with Crippen LogP contribution in [0, 0.1) is 5.82 Å². The van der Waals surface area contributed by atoms with Crippen molar-refractivity contribution in [1.29, 1.82) is 0 Å². The van der Waals surface area contributed by atoms with Gasteiger partial charge in [0.2, 0.25) is 0 Å². The van der Waals surface area contributed by atoms with Gasteiger partial charge >= 0.3 is 5.97 Å². The number of hydrogen-bond donors (Lipinski definition) is 1. The van der Waals surface area contributed by atoms with Gasteiger partial charge in [-0.15, -0.1) is 0 Å². The lowest BCUT2D eigenvalue weighted by Gasteiger charge is -2.13. The van der Waals surface area contributed by atoms with Gasteiger partial charge in [0, 0.05) is 11.1 Å². The van der Waals surface area contributed by atoms with Gasteiger partial charge in [0.15, 0.2) is 6.10 Å².